The molecule has 19 heavy (non-hydrogen) atoms. The standard InChI is InChI=1S/C11H18N4O2S2/c1-8-13-11(7-14(8)2)19(16,17)15(9-3-4-9)6-5-10(12)18/h7,9H,3-6H2,1-2H3,(H2,12,18). The summed E-state index contributed by atoms with van der Waals surface area (Å²) < 4.78 is 28.3. The number of aromatic nitrogens is 2. The molecule has 0 atom stereocenters. The molecule has 106 valence electrons. The molecule has 0 bridgehead atoms. The van der Waals surface area contributed by atoms with E-state index in [1.54, 1.807) is 24.7 Å². The Bertz CT molecular complexity index is 570. The van der Waals surface area contributed by atoms with Crippen molar-refractivity contribution in [3.05, 3.63) is 12.0 Å². The van der Waals surface area contributed by atoms with Crippen molar-refractivity contribution >= 4 is 27.2 Å². The van der Waals surface area contributed by atoms with Gasteiger partial charge in [-0.05, 0) is 19.8 Å². The van der Waals surface area contributed by atoms with Gasteiger partial charge in [-0.1, -0.05) is 12.2 Å². The SMILES string of the molecule is Cc1nc(S(=O)(=O)N(CCC(N)=S)C2CC2)cn1C. The van der Waals surface area contributed by atoms with Crippen LogP contribution in [0.5, 0.6) is 0 Å². The fraction of sp³-hybridized carbons (Fsp3) is 0.636. The van der Waals surface area contributed by atoms with E-state index in [0.29, 0.717) is 23.8 Å². The molecule has 0 aliphatic heterocycles. The van der Waals surface area contributed by atoms with Gasteiger partial charge in [0.05, 0.1) is 4.99 Å². The number of nitrogens with zero attached hydrogens (tertiary/aromatic N) is 3. The third-order valence-electron chi connectivity index (χ3n) is 3.19. The first-order valence-electron chi connectivity index (χ1n) is 6.12. The molecule has 2 N–H and O–H groups in total. The van der Waals surface area contributed by atoms with Gasteiger partial charge in [0.2, 0.25) is 0 Å². The van der Waals surface area contributed by atoms with E-state index in [2.05, 4.69) is 4.98 Å². The Balaban J connectivity index is 2.26. The van der Waals surface area contributed by atoms with Gasteiger partial charge >= 0.3 is 0 Å². The van der Waals surface area contributed by atoms with E-state index in [9.17, 15) is 8.42 Å². The Morgan fingerprint density at radius 2 is 2.26 bits per heavy atom. The van der Waals surface area contributed by atoms with E-state index in [4.69, 9.17) is 18.0 Å². The maximum Gasteiger partial charge on any atom is 0.262 e. The summed E-state index contributed by atoms with van der Waals surface area (Å²) in [6, 6.07) is 0.0710. The number of aryl methyl sites for hydroxylation is 2. The van der Waals surface area contributed by atoms with Crippen molar-refractivity contribution in [3.63, 3.8) is 0 Å². The van der Waals surface area contributed by atoms with Crippen LogP contribution in [0, 0.1) is 6.92 Å². The largest absolute Gasteiger partial charge is 0.393 e. The molecule has 1 heterocycles. The summed E-state index contributed by atoms with van der Waals surface area (Å²) in [7, 11) is -1.77. The summed E-state index contributed by atoms with van der Waals surface area (Å²) in [5.41, 5.74) is 5.46. The number of hydrogen-bond acceptors (Lipinski definition) is 4. The molecule has 1 aliphatic rings. The van der Waals surface area contributed by atoms with Gasteiger partial charge in [-0.25, -0.2) is 13.4 Å². The lowest BCUT2D eigenvalue weighted by Crippen LogP contribution is -2.35. The third-order valence-corrected chi connectivity index (χ3v) is 5.22. The van der Waals surface area contributed by atoms with Gasteiger partial charge in [0, 0.05) is 32.3 Å². The Hall–Kier alpha value is -0.990. The summed E-state index contributed by atoms with van der Waals surface area (Å²) in [6.45, 7) is 2.10. The van der Waals surface area contributed by atoms with Gasteiger partial charge in [0.25, 0.3) is 10.0 Å². The molecule has 6 nitrogen and oxygen atoms in total. The van der Waals surface area contributed by atoms with Crippen molar-refractivity contribution in [1.29, 1.82) is 0 Å². The van der Waals surface area contributed by atoms with Crippen LogP contribution in [-0.2, 0) is 17.1 Å². The molecular weight excluding hydrogens is 284 g/mol. The fourth-order valence-electron chi connectivity index (χ4n) is 1.85. The highest BCUT2D eigenvalue weighted by atomic mass is 32.2. The maximum absolute atomic E-state index is 12.6. The van der Waals surface area contributed by atoms with Gasteiger partial charge in [0.15, 0.2) is 5.03 Å². The smallest absolute Gasteiger partial charge is 0.262 e. The second-order valence-corrected chi connectivity index (χ2v) is 7.16. The highest BCUT2D eigenvalue weighted by molar-refractivity contribution is 7.89. The number of rotatable bonds is 6. The average molecular weight is 302 g/mol. The lowest BCUT2D eigenvalue weighted by Gasteiger charge is -2.20. The van der Waals surface area contributed by atoms with Crippen LogP contribution in [0.3, 0.4) is 0 Å². The molecule has 0 spiro atoms. The number of sulfonamides is 1. The molecule has 1 aromatic rings. The van der Waals surface area contributed by atoms with Gasteiger partial charge in [-0.2, -0.15) is 4.31 Å². The van der Waals surface area contributed by atoms with Crippen molar-refractivity contribution in [2.24, 2.45) is 12.8 Å². The summed E-state index contributed by atoms with van der Waals surface area (Å²) in [5, 5.41) is 0.0994. The van der Waals surface area contributed by atoms with Crippen LogP contribution in [0.25, 0.3) is 0 Å². The van der Waals surface area contributed by atoms with Crippen molar-refractivity contribution in [1.82, 2.24) is 13.9 Å². The Kier molecular flexibility index (Phi) is 3.93. The van der Waals surface area contributed by atoms with Crippen molar-refractivity contribution in [2.45, 2.75) is 37.3 Å². The molecule has 0 unspecified atom stereocenters. The van der Waals surface area contributed by atoms with Crippen LogP contribution < -0.4 is 5.73 Å². The lowest BCUT2D eigenvalue weighted by molar-refractivity contribution is 0.411. The van der Waals surface area contributed by atoms with E-state index < -0.39 is 10.0 Å². The lowest BCUT2D eigenvalue weighted by atomic mass is 10.4. The molecule has 0 radical (unpaired) electrons. The normalized spacial score (nSPS) is 15.9. The predicted octanol–water partition coefficient (Wildman–Crippen LogP) is 0.558. The van der Waals surface area contributed by atoms with Crippen LogP contribution in [0.2, 0.25) is 0 Å². The highest BCUT2D eigenvalue weighted by Gasteiger charge is 2.39. The number of hydrogen-bond donors (Lipinski definition) is 1. The summed E-state index contributed by atoms with van der Waals surface area (Å²) >= 11 is 4.82. The first kappa shape index (κ1) is 14.4. The monoisotopic (exact) mass is 302 g/mol. The predicted molar refractivity (Wildman–Crippen MR) is 76.3 cm³/mol. The second-order valence-electron chi connectivity index (χ2n) is 4.80. The maximum atomic E-state index is 12.6. The first-order valence-corrected chi connectivity index (χ1v) is 7.97. The Morgan fingerprint density at radius 3 is 2.68 bits per heavy atom. The van der Waals surface area contributed by atoms with Crippen LogP contribution in [-0.4, -0.2) is 39.8 Å². The Morgan fingerprint density at radius 1 is 1.63 bits per heavy atom. The van der Waals surface area contributed by atoms with Crippen molar-refractivity contribution < 1.29 is 8.42 Å². The average Bonchev–Trinajstić information content (AvgIpc) is 3.06. The van der Waals surface area contributed by atoms with Crippen LogP contribution in [0.1, 0.15) is 25.1 Å². The summed E-state index contributed by atoms with van der Waals surface area (Å²) in [6.07, 6.45) is 3.72. The third kappa shape index (κ3) is 3.13. The minimum Gasteiger partial charge on any atom is -0.393 e. The van der Waals surface area contributed by atoms with Gasteiger partial charge in [-0.3, -0.25) is 0 Å². The molecule has 1 aliphatic carbocycles. The van der Waals surface area contributed by atoms with E-state index in [0.717, 1.165) is 12.8 Å². The number of imidazole rings is 1. The van der Waals surface area contributed by atoms with Crippen LogP contribution in [0.4, 0.5) is 0 Å². The molecule has 0 aromatic carbocycles. The number of nitrogens with two attached hydrogens (primary N) is 1. The molecule has 1 fully saturated rings. The van der Waals surface area contributed by atoms with E-state index in [-0.39, 0.29) is 11.1 Å². The second kappa shape index (κ2) is 5.18. The molecule has 0 saturated heterocycles. The molecule has 8 heteroatoms. The minimum atomic E-state index is -3.55. The topological polar surface area (TPSA) is 81.2 Å². The van der Waals surface area contributed by atoms with Crippen molar-refractivity contribution in [2.75, 3.05) is 6.54 Å². The number of thiocarbonyl (C=S) groups is 1. The zero-order valence-corrected chi connectivity index (χ0v) is 12.7. The molecule has 1 aromatic heterocycles. The van der Waals surface area contributed by atoms with Gasteiger partial charge < -0.3 is 10.3 Å². The van der Waals surface area contributed by atoms with E-state index in [1.807, 2.05) is 0 Å². The van der Waals surface area contributed by atoms with Crippen LogP contribution in [0.15, 0.2) is 11.2 Å². The summed E-state index contributed by atoms with van der Waals surface area (Å²) in [4.78, 5) is 4.44. The van der Waals surface area contributed by atoms with Gasteiger partial charge in [0.1, 0.15) is 5.82 Å². The van der Waals surface area contributed by atoms with Crippen molar-refractivity contribution in [3.8, 4) is 0 Å². The zero-order valence-electron chi connectivity index (χ0n) is 11.0. The highest BCUT2D eigenvalue weighted by Crippen LogP contribution is 2.31. The quantitative estimate of drug-likeness (QED) is 0.777. The van der Waals surface area contributed by atoms with E-state index >= 15 is 0 Å². The zero-order chi connectivity index (χ0) is 14.2. The summed E-state index contributed by atoms with van der Waals surface area (Å²) in [5.74, 6) is 0.670. The molecule has 0 amide bonds. The molecule has 2 rings (SSSR count). The fourth-order valence-corrected chi connectivity index (χ4v) is 3.66. The minimum absolute atomic E-state index is 0.0710. The molecular formula is C11H18N4O2S2. The van der Waals surface area contributed by atoms with Crippen LogP contribution >= 0.6 is 12.2 Å². The Labute approximate surface area is 118 Å². The first-order chi connectivity index (χ1) is 8.82. The van der Waals surface area contributed by atoms with Gasteiger partial charge in [-0.15, -0.1) is 0 Å². The molecule has 1 saturated carbocycles. The van der Waals surface area contributed by atoms with E-state index in [1.165, 1.54) is 4.31 Å².